The molecule has 1 heterocycles. The van der Waals surface area contributed by atoms with Crippen LogP contribution in [-0.4, -0.2) is 35.1 Å². The average molecular weight is 420 g/mol. The third-order valence-electron chi connectivity index (χ3n) is 4.62. The van der Waals surface area contributed by atoms with E-state index in [0.29, 0.717) is 28.2 Å². The molecule has 0 bridgehead atoms. The summed E-state index contributed by atoms with van der Waals surface area (Å²) in [4.78, 5) is 44.9. The molecule has 160 valence electrons. The van der Waals surface area contributed by atoms with E-state index in [2.05, 4.69) is 9.97 Å². The van der Waals surface area contributed by atoms with Gasteiger partial charge in [-0.05, 0) is 26.3 Å². The van der Waals surface area contributed by atoms with Crippen LogP contribution in [-0.2, 0) is 20.7 Å². The summed E-state index contributed by atoms with van der Waals surface area (Å²) in [5.41, 5.74) is 1.79. The lowest BCUT2D eigenvalue weighted by Crippen LogP contribution is -2.20. The number of hydrogen-bond donors (Lipinski definition) is 1. The van der Waals surface area contributed by atoms with Gasteiger partial charge in [-0.2, -0.15) is 0 Å². The summed E-state index contributed by atoms with van der Waals surface area (Å²) >= 11 is 0. The lowest BCUT2D eigenvalue weighted by molar-refractivity contribution is -0.143. The Morgan fingerprint density at radius 3 is 2.32 bits per heavy atom. The van der Waals surface area contributed by atoms with Crippen molar-refractivity contribution < 1.29 is 19.1 Å². The smallest absolute Gasteiger partial charge is 0.338 e. The van der Waals surface area contributed by atoms with E-state index < -0.39 is 11.9 Å². The Bertz CT molecular complexity index is 1120. The standard InChI is InChI=1S/C24H24N2O5/c1-3-30-20(27)15-14-19-21(17-12-8-9-13-18(17)24(29)31-4-2)25-22(26-23(19)28)16-10-6-5-7-11-16/h5-13H,3-4,14-15H2,1-2H3,(H,25,26,28). The largest absolute Gasteiger partial charge is 0.466 e. The molecular weight excluding hydrogens is 396 g/mol. The maximum Gasteiger partial charge on any atom is 0.338 e. The van der Waals surface area contributed by atoms with Gasteiger partial charge in [0.2, 0.25) is 0 Å². The van der Waals surface area contributed by atoms with E-state index >= 15 is 0 Å². The van der Waals surface area contributed by atoms with Crippen molar-refractivity contribution in [1.82, 2.24) is 9.97 Å². The molecule has 0 aliphatic carbocycles. The van der Waals surface area contributed by atoms with Gasteiger partial charge in [0.15, 0.2) is 0 Å². The fourth-order valence-corrected chi connectivity index (χ4v) is 3.22. The van der Waals surface area contributed by atoms with Crippen molar-refractivity contribution in [1.29, 1.82) is 0 Å². The molecule has 0 aliphatic rings. The van der Waals surface area contributed by atoms with Crippen LogP contribution in [0.4, 0.5) is 0 Å². The summed E-state index contributed by atoms with van der Waals surface area (Å²) < 4.78 is 10.2. The van der Waals surface area contributed by atoms with Crippen molar-refractivity contribution in [3.63, 3.8) is 0 Å². The second-order valence-electron chi connectivity index (χ2n) is 6.68. The third kappa shape index (κ3) is 5.25. The minimum Gasteiger partial charge on any atom is -0.466 e. The molecule has 0 saturated heterocycles. The second kappa shape index (κ2) is 10.3. The Hall–Kier alpha value is -3.74. The van der Waals surface area contributed by atoms with Crippen LogP contribution in [0.2, 0.25) is 0 Å². The molecule has 0 atom stereocenters. The van der Waals surface area contributed by atoms with Crippen molar-refractivity contribution >= 4 is 11.9 Å². The topological polar surface area (TPSA) is 98.3 Å². The molecule has 1 N–H and O–H groups in total. The maximum absolute atomic E-state index is 13.0. The minimum absolute atomic E-state index is 0.0257. The van der Waals surface area contributed by atoms with Gasteiger partial charge < -0.3 is 14.5 Å². The molecule has 0 aliphatic heterocycles. The number of esters is 2. The quantitative estimate of drug-likeness (QED) is 0.557. The maximum atomic E-state index is 13.0. The van der Waals surface area contributed by atoms with Crippen LogP contribution in [0.1, 0.15) is 36.2 Å². The van der Waals surface area contributed by atoms with E-state index in [9.17, 15) is 14.4 Å². The molecule has 0 radical (unpaired) electrons. The lowest BCUT2D eigenvalue weighted by atomic mass is 9.98. The molecule has 1 aromatic heterocycles. The van der Waals surface area contributed by atoms with Crippen LogP contribution >= 0.6 is 0 Å². The van der Waals surface area contributed by atoms with Gasteiger partial charge in [0, 0.05) is 23.1 Å². The molecule has 31 heavy (non-hydrogen) atoms. The monoisotopic (exact) mass is 420 g/mol. The highest BCUT2D eigenvalue weighted by Gasteiger charge is 2.21. The molecule has 0 fully saturated rings. The number of carbonyl (C=O) groups is 2. The van der Waals surface area contributed by atoms with Crippen LogP contribution in [0, 0.1) is 0 Å². The van der Waals surface area contributed by atoms with E-state index in [4.69, 9.17) is 9.47 Å². The Labute approximate surface area is 180 Å². The van der Waals surface area contributed by atoms with Gasteiger partial charge in [-0.1, -0.05) is 48.5 Å². The van der Waals surface area contributed by atoms with Crippen molar-refractivity contribution in [2.45, 2.75) is 26.7 Å². The molecule has 2 aromatic carbocycles. The number of benzene rings is 2. The number of H-pyrrole nitrogens is 1. The summed E-state index contributed by atoms with van der Waals surface area (Å²) in [5, 5.41) is 0. The lowest BCUT2D eigenvalue weighted by Gasteiger charge is -2.13. The highest BCUT2D eigenvalue weighted by atomic mass is 16.5. The number of nitrogens with zero attached hydrogens (tertiary/aromatic N) is 1. The first-order chi connectivity index (χ1) is 15.0. The Morgan fingerprint density at radius 1 is 0.935 bits per heavy atom. The van der Waals surface area contributed by atoms with Gasteiger partial charge in [0.05, 0.1) is 24.5 Å². The van der Waals surface area contributed by atoms with Crippen LogP contribution in [0.25, 0.3) is 22.6 Å². The minimum atomic E-state index is -0.502. The predicted octanol–water partition coefficient (Wildman–Crippen LogP) is 3.78. The zero-order valence-corrected chi connectivity index (χ0v) is 17.5. The summed E-state index contributed by atoms with van der Waals surface area (Å²) in [7, 11) is 0. The molecule has 3 rings (SSSR count). The van der Waals surface area contributed by atoms with Crippen molar-refractivity contribution in [2.75, 3.05) is 13.2 Å². The molecule has 0 spiro atoms. The molecule has 0 saturated carbocycles. The molecule has 7 nitrogen and oxygen atoms in total. The summed E-state index contributed by atoms with van der Waals surface area (Å²) in [6.45, 7) is 3.94. The molecule has 0 unspecified atom stereocenters. The van der Waals surface area contributed by atoms with Gasteiger partial charge >= 0.3 is 11.9 Å². The first kappa shape index (κ1) is 22.0. The van der Waals surface area contributed by atoms with Gasteiger partial charge in [0.25, 0.3) is 5.56 Å². The average Bonchev–Trinajstić information content (AvgIpc) is 2.79. The number of hydrogen-bond acceptors (Lipinski definition) is 6. The first-order valence-corrected chi connectivity index (χ1v) is 10.2. The summed E-state index contributed by atoms with van der Waals surface area (Å²) in [6.07, 6.45) is 0.153. The van der Waals surface area contributed by atoms with E-state index in [1.54, 1.807) is 38.1 Å². The number of aromatic amines is 1. The molecular formula is C24H24N2O5. The molecule has 0 amide bonds. The first-order valence-electron chi connectivity index (χ1n) is 10.2. The molecule has 3 aromatic rings. The zero-order chi connectivity index (χ0) is 22.2. The van der Waals surface area contributed by atoms with Crippen molar-refractivity contribution in [3.8, 4) is 22.6 Å². The van der Waals surface area contributed by atoms with E-state index in [1.807, 2.05) is 30.3 Å². The fourth-order valence-electron chi connectivity index (χ4n) is 3.22. The zero-order valence-electron chi connectivity index (χ0n) is 17.5. The summed E-state index contributed by atoms with van der Waals surface area (Å²) in [6, 6.07) is 16.1. The van der Waals surface area contributed by atoms with Gasteiger partial charge in [-0.25, -0.2) is 9.78 Å². The van der Waals surface area contributed by atoms with Gasteiger partial charge in [-0.15, -0.1) is 0 Å². The number of aromatic nitrogens is 2. The van der Waals surface area contributed by atoms with Crippen LogP contribution in [0.5, 0.6) is 0 Å². The van der Waals surface area contributed by atoms with Crippen LogP contribution in [0.15, 0.2) is 59.4 Å². The fraction of sp³-hybridized carbons (Fsp3) is 0.250. The number of carbonyl (C=O) groups excluding carboxylic acids is 2. The van der Waals surface area contributed by atoms with Crippen molar-refractivity contribution in [3.05, 3.63) is 76.1 Å². The van der Waals surface area contributed by atoms with E-state index in [-0.39, 0.29) is 31.6 Å². The molecule has 7 heteroatoms. The van der Waals surface area contributed by atoms with E-state index in [1.165, 1.54) is 0 Å². The normalized spacial score (nSPS) is 10.5. The van der Waals surface area contributed by atoms with Gasteiger partial charge in [0.1, 0.15) is 5.82 Å². The number of rotatable bonds is 8. The Morgan fingerprint density at radius 2 is 1.61 bits per heavy atom. The van der Waals surface area contributed by atoms with Crippen LogP contribution < -0.4 is 5.56 Å². The summed E-state index contributed by atoms with van der Waals surface area (Å²) in [5.74, 6) is -0.532. The predicted molar refractivity (Wildman–Crippen MR) is 117 cm³/mol. The number of ether oxygens (including phenoxy) is 2. The Kier molecular flexibility index (Phi) is 7.32. The number of nitrogens with one attached hydrogen (secondary N) is 1. The SMILES string of the molecule is CCOC(=O)CCc1c(-c2ccccc2C(=O)OCC)nc(-c2ccccc2)[nH]c1=O. The highest BCUT2D eigenvalue weighted by molar-refractivity contribution is 5.97. The third-order valence-corrected chi connectivity index (χ3v) is 4.62. The Balaban J connectivity index is 2.16. The second-order valence-corrected chi connectivity index (χ2v) is 6.68. The van der Waals surface area contributed by atoms with Gasteiger partial charge in [-0.3, -0.25) is 9.59 Å². The van der Waals surface area contributed by atoms with Crippen LogP contribution in [0.3, 0.4) is 0 Å². The van der Waals surface area contributed by atoms with E-state index in [0.717, 1.165) is 5.56 Å². The van der Waals surface area contributed by atoms with Crippen molar-refractivity contribution in [2.24, 2.45) is 0 Å². The highest BCUT2D eigenvalue weighted by Crippen LogP contribution is 2.27.